The van der Waals surface area contributed by atoms with E-state index in [1.54, 1.807) is 19.2 Å². The minimum atomic E-state index is -0.148. The molecule has 0 radical (unpaired) electrons. The average molecular weight is 211 g/mol. The zero-order valence-electron chi connectivity index (χ0n) is 7.33. The van der Waals surface area contributed by atoms with Gasteiger partial charge in [0.1, 0.15) is 5.75 Å². The standard InChI is InChI=1S/C8H9NO2.F2.FH.H2/c1-9-8(11)6-2-4-7(10)5-3-6;1-2;;/h2-5,10H,1H3,(H,9,11);;2*1H. The maximum atomic E-state index is 10.9. The first kappa shape index (κ1) is 14.8. The number of phenols is 1. The third-order valence-electron chi connectivity index (χ3n) is 1.36. The third-order valence-corrected chi connectivity index (χ3v) is 1.36. The van der Waals surface area contributed by atoms with Crippen LogP contribution in [0.4, 0.5) is 13.9 Å². The quantitative estimate of drug-likeness (QED) is 0.746. The molecule has 1 rings (SSSR count). The van der Waals surface area contributed by atoms with Gasteiger partial charge in [0.25, 0.3) is 5.91 Å². The first-order valence-electron chi connectivity index (χ1n) is 3.39. The smallest absolute Gasteiger partial charge is 0.251 e. The Morgan fingerprint density at radius 1 is 1.36 bits per heavy atom. The van der Waals surface area contributed by atoms with Crippen LogP contribution in [0.15, 0.2) is 24.3 Å². The predicted octanol–water partition coefficient (Wildman–Crippen LogP) is 1.99. The lowest BCUT2D eigenvalue weighted by molar-refractivity contribution is 0.0963. The summed E-state index contributed by atoms with van der Waals surface area (Å²) in [5.74, 6) is 0.0163. The maximum Gasteiger partial charge on any atom is 0.251 e. The molecule has 0 aliphatic heterocycles. The van der Waals surface area contributed by atoms with Crippen LogP contribution in [0, 0.1) is 0 Å². The lowest BCUT2D eigenvalue weighted by Crippen LogP contribution is -2.17. The van der Waals surface area contributed by atoms with Crippen molar-refractivity contribution in [2.75, 3.05) is 7.05 Å². The number of phenolic OH excluding ortho intramolecular Hbond substituents is 1. The summed E-state index contributed by atoms with van der Waals surface area (Å²) in [6.45, 7) is 0. The number of amides is 1. The van der Waals surface area contributed by atoms with Gasteiger partial charge in [-0.3, -0.25) is 9.50 Å². The van der Waals surface area contributed by atoms with E-state index in [-0.39, 0.29) is 17.8 Å². The van der Waals surface area contributed by atoms with Crippen molar-refractivity contribution in [1.82, 2.24) is 5.32 Å². The van der Waals surface area contributed by atoms with Gasteiger partial charge in [0, 0.05) is 23.2 Å². The van der Waals surface area contributed by atoms with E-state index in [4.69, 9.17) is 14.3 Å². The fourth-order valence-electron chi connectivity index (χ4n) is 0.757. The Hall–Kier alpha value is -1.72. The molecule has 0 fully saturated rings. The minimum Gasteiger partial charge on any atom is -0.508 e. The summed E-state index contributed by atoms with van der Waals surface area (Å²) in [7, 11) is 1.56. The van der Waals surface area contributed by atoms with Crippen molar-refractivity contribution in [3.8, 4) is 5.75 Å². The molecule has 0 bridgehead atoms. The van der Waals surface area contributed by atoms with Gasteiger partial charge in [-0.05, 0) is 24.3 Å². The second-order valence-electron chi connectivity index (χ2n) is 2.13. The van der Waals surface area contributed by atoms with Crippen LogP contribution in [0.5, 0.6) is 5.75 Å². The molecular formula is C8H12F3NO2. The van der Waals surface area contributed by atoms with Gasteiger partial charge in [-0.15, -0.1) is 0 Å². The number of benzene rings is 1. The molecule has 1 aromatic rings. The van der Waals surface area contributed by atoms with Gasteiger partial charge < -0.3 is 10.4 Å². The van der Waals surface area contributed by atoms with Gasteiger partial charge in [-0.25, -0.2) is 0 Å². The number of carbonyl (C=O) groups excluding carboxylic acids is 1. The first-order chi connectivity index (χ1) is 6.24. The van der Waals surface area contributed by atoms with E-state index in [9.17, 15) is 4.79 Å². The van der Waals surface area contributed by atoms with Crippen molar-refractivity contribution in [3.63, 3.8) is 0 Å². The second kappa shape index (κ2) is 7.90. The number of carbonyl (C=O) groups is 1. The molecule has 2 N–H and O–H groups in total. The Bertz CT molecular complexity index is 269. The van der Waals surface area contributed by atoms with E-state index in [1.807, 2.05) is 0 Å². The molecule has 3 nitrogen and oxygen atoms in total. The third kappa shape index (κ3) is 4.34. The van der Waals surface area contributed by atoms with Gasteiger partial charge in [-0.2, -0.15) is 0 Å². The lowest BCUT2D eigenvalue weighted by Gasteiger charge is -1.97. The number of nitrogens with one attached hydrogen (secondary N) is 1. The maximum absolute atomic E-state index is 10.9. The zero-order valence-corrected chi connectivity index (χ0v) is 7.33. The van der Waals surface area contributed by atoms with E-state index in [2.05, 4.69) is 5.32 Å². The van der Waals surface area contributed by atoms with Crippen molar-refractivity contribution in [3.05, 3.63) is 29.8 Å². The van der Waals surface area contributed by atoms with E-state index in [1.165, 1.54) is 12.1 Å². The van der Waals surface area contributed by atoms with Crippen LogP contribution in [-0.4, -0.2) is 18.1 Å². The van der Waals surface area contributed by atoms with Crippen LogP contribution in [0.25, 0.3) is 0 Å². The molecular weight excluding hydrogens is 199 g/mol. The number of hydrogen-bond acceptors (Lipinski definition) is 2. The Morgan fingerprint density at radius 3 is 2.14 bits per heavy atom. The Labute approximate surface area is 80.1 Å². The normalized spacial score (nSPS) is 7.64. The topological polar surface area (TPSA) is 49.3 Å². The zero-order chi connectivity index (χ0) is 10.3. The molecule has 1 amide bonds. The second-order valence-corrected chi connectivity index (χ2v) is 2.13. The van der Waals surface area contributed by atoms with Crippen LogP contribution in [-0.2, 0) is 0 Å². The Balaban J connectivity index is -0.000000339. The highest BCUT2D eigenvalue weighted by molar-refractivity contribution is 5.93. The summed E-state index contributed by atoms with van der Waals surface area (Å²) in [6.07, 6.45) is 0. The highest BCUT2D eigenvalue weighted by atomic mass is 20.0. The van der Waals surface area contributed by atoms with Crippen LogP contribution in [0.1, 0.15) is 11.8 Å². The predicted molar refractivity (Wildman–Crippen MR) is 48.3 cm³/mol. The molecule has 1 aromatic carbocycles. The molecule has 0 aliphatic carbocycles. The van der Waals surface area contributed by atoms with Gasteiger partial charge in [0.2, 0.25) is 0 Å². The van der Waals surface area contributed by atoms with Crippen LogP contribution in [0.2, 0.25) is 0 Å². The van der Waals surface area contributed by atoms with Gasteiger partial charge in [0.05, 0.1) is 0 Å². The van der Waals surface area contributed by atoms with Crippen molar-refractivity contribution in [2.45, 2.75) is 0 Å². The van der Waals surface area contributed by atoms with E-state index >= 15 is 0 Å². The number of halogens is 3. The minimum absolute atomic E-state index is 0. The molecule has 0 spiro atoms. The van der Waals surface area contributed by atoms with Crippen molar-refractivity contribution >= 4 is 5.91 Å². The fourth-order valence-corrected chi connectivity index (χ4v) is 0.757. The van der Waals surface area contributed by atoms with Gasteiger partial charge >= 0.3 is 0 Å². The van der Waals surface area contributed by atoms with Crippen LogP contribution >= 0.6 is 0 Å². The molecule has 0 aliphatic rings. The Morgan fingerprint density at radius 2 is 1.79 bits per heavy atom. The van der Waals surface area contributed by atoms with Crippen LogP contribution in [0.3, 0.4) is 0 Å². The van der Waals surface area contributed by atoms with Crippen LogP contribution < -0.4 is 5.32 Å². The molecule has 6 heteroatoms. The molecule has 82 valence electrons. The summed E-state index contributed by atoms with van der Waals surface area (Å²) in [4.78, 5) is 10.9. The van der Waals surface area contributed by atoms with E-state index < -0.39 is 0 Å². The summed E-state index contributed by atoms with van der Waals surface area (Å²) in [5.41, 5.74) is 0.547. The number of rotatable bonds is 1. The lowest BCUT2D eigenvalue weighted by atomic mass is 10.2. The highest BCUT2D eigenvalue weighted by Gasteiger charge is 2.00. The molecule has 0 aromatic heterocycles. The van der Waals surface area contributed by atoms with Crippen molar-refractivity contribution in [2.24, 2.45) is 0 Å². The molecule has 0 atom stereocenters. The highest BCUT2D eigenvalue weighted by Crippen LogP contribution is 2.08. The summed E-state index contributed by atoms with van der Waals surface area (Å²) in [5, 5.41) is 11.4. The first-order valence-corrected chi connectivity index (χ1v) is 3.39. The monoisotopic (exact) mass is 211 g/mol. The molecule has 0 saturated carbocycles. The summed E-state index contributed by atoms with van der Waals surface area (Å²) < 4.78 is 16.0. The summed E-state index contributed by atoms with van der Waals surface area (Å²) >= 11 is 0. The molecule has 0 heterocycles. The SMILES string of the molecule is CNC(=O)c1ccc(O)cc1.F.FF.[HH]. The van der Waals surface area contributed by atoms with Crippen molar-refractivity contribution < 1.29 is 25.2 Å². The van der Waals surface area contributed by atoms with Gasteiger partial charge in [0.15, 0.2) is 0 Å². The van der Waals surface area contributed by atoms with Crippen molar-refractivity contribution in [1.29, 1.82) is 0 Å². The number of aromatic hydroxyl groups is 1. The fraction of sp³-hybridized carbons (Fsp3) is 0.125. The van der Waals surface area contributed by atoms with E-state index in [0.717, 1.165) is 0 Å². The largest absolute Gasteiger partial charge is 0.508 e. The molecule has 14 heavy (non-hydrogen) atoms. The van der Waals surface area contributed by atoms with Gasteiger partial charge in [-0.1, -0.05) is 0 Å². The number of hydrogen-bond donors (Lipinski definition) is 2. The average Bonchev–Trinajstić information content (AvgIpc) is 2.21. The molecule has 0 unspecified atom stereocenters. The molecule has 0 saturated heterocycles. The Kier molecular flexibility index (Phi) is 8.35. The van der Waals surface area contributed by atoms with E-state index in [0.29, 0.717) is 5.56 Å². The summed E-state index contributed by atoms with van der Waals surface area (Å²) in [6, 6.07) is 6.08.